The average molecular weight is 293 g/mol. The smallest absolute Gasteiger partial charge is 0.208 e. The van der Waals surface area contributed by atoms with Crippen molar-refractivity contribution < 1.29 is 9.53 Å². The van der Waals surface area contributed by atoms with Crippen molar-refractivity contribution in [3.05, 3.63) is 66.7 Å². The molecule has 2 aromatic rings. The highest BCUT2D eigenvalue weighted by Crippen LogP contribution is 2.08. The first-order chi connectivity index (χ1) is 9.85. The monoisotopic (exact) mass is 292 g/mol. The van der Waals surface area contributed by atoms with E-state index in [-0.39, 0.29) is 5.75 Å². The van der Waals surface area contributed by atoms with Crippen LogP contribution in [0.1, 0.15) is 19.8 Å². The van der Waals surface area contributed by atoms with Gasteiger partial charge >= 0.3 is 0 Å². The lowest BCUT2D eigenvalue weighted by Crippen LogP contribution is -1.95. The summed E-state index contributed by atoms with van der Waals surface area (Å²) in [6, 6.07) is 21.9. The van der Waals surface area contributed by atoms with Gasteiger partial charge in [0.1, 0.15) is 5.75 Å². The fourth-order valence-corrected chi connectivity index (χ4v) is 1.24. The van der Waals surface area contributed by atoms with E-state index in [0.29, 0.717) is 0 Å². The lowest BCUT2D eigenvalue weighted by atomic mass is 10.3. The predicted octanol–water partition coefficient (Wildman–Crippen LogP) is 4.97. The molecular weight excluding hydrogens is 272 g/mol. The topological polar surface area (TPSA) is 26.3 Å². The zero-order valence-electron chi connectivity index (χ0n) is 11.7. The zero-order chi connectivity index (χ0) is 14.9. The first-order valence-corrected chi connectivity index (χ1v) is 7.00. The van der Waals surface area contributed by atoms with E-state index in [0.717, 1.165) is 18.8 Å². The normalized spacial score (nSPS) is 8.30. The van der Waals surface area contributed by atoms with Crippen LogP contribution in [0.4, 0.5) is 0 Å². The number of carbonyl (C=O) groups excluding carboxylic acids is 1. The SMILES string of the molecule is CCCCOc1ccccc1.O=CCl.c1ccccc1. The summed E-state index contributed by atoms with van der Waals surface area (Å²) in [7, 11) is 0. The molecule has 0 bridgehead atoms. The van der Waals surface area contributed by atoms with Gasteiger partial charge in [0, 0.05) is 0 Å². The minimum absolute atomic E-state index is 0.222. The summed E-state index contributed by atoms with van der Waals surface area (Å²) in [5.41, 5.74) is 0. The maximum absolute atomic E-state index is 8.57. The summed E-state index contributed by atoms with van der Waals surface area (Å²) in [4.78, 5) is 8.57. The number of halogens is 1. The van der Waals surface area contributed by atoms with Crippen molar-refractivity contribution in [2.75, 3.05) is 6.61 Å². The van der Waals surface area contributed by atoms with Crippen LogP contribution in [0.2, 0.25) is 0 Å². The first kappa shape index (κ1) is 18.2. The van der Waals surface area contributed by atoms with Crippen LogP contribution in [-0.2, 0) is 4.79 Å². The van der Waals surface area contributed by atoms with E-state index in [1.807, 2.05) is 66.7 Å². The van der Waals surface area contributed by atoms with Gasteiger partial charge in [0.15, 0.2) is 0 Å². The van der Waals surface area contributed by atoms with Gasteiger partial charge in [-0.25, -0.2) is 0 Å². The predicted molar refractivity (Wildman–Crippen MR) is 85.9 cm³/mol. The molecule has 0 aliphatic rings. The third-order valence-corrected chi connectivity index (χ3v) is 2.18. The molecule has 0 heterocycles. The molecule has 0 aromatic heterocycles. The molecule has 0 unspecified atom stereocenters. The van der Waals surface area contributed by atoms with E-state index in [2.05, 4.69) is 18.5 Å². The summed E-state index contributed by atoms with van der Waals surface area (Å²) in [5, 5.41) is 0. The maximum Gasteiger partial charge on any atom is 0.208 e. The Morgan fingerprint density at radius 3 is 1.75 bits per heavy atom. The standard InChI is InChI=1S/C10H14O.C6H6.CHClO/c1-2-3-9-11-10-7-5-4-6-8-10;1-2-4-6-5-3-1;2-1-3/h4-8H,2-3,9H2,1H3;1-6H;1H. The minimum atomic E-state index is 0.222. The molecule has 0 aliphatic carbocycles. The third-order valence-electron chi connectivity index (χ3n) is 2.18. The van der Waals surface area contributed by atoms with Gasteiger partial charge in [-0.05, 0) is 30.2 Å². The van der Waals surface area contributed by atoms with Crippen molar-refractivity contribution in [1.29, 1.82) is 0 Å². The van der Waals surface area contributed by atoms with E-state index in [1.54, 1.807) is 0 Å². The van der Waals surface area contributed by atoms with E-state index in [1.165, 1.54) is 6.42 Å². The fraction of sp³-hybridized carbons (Fsp3) is 0.235. The van der Waals surface area contributed by atoms with Crippen LogP contribution in [0.25, 0.3) is 0 Å². The molecule has 0 fully saturated rings. The van der Waals surface area contributed by atoms with Crippen molar-refractivity contribution in [1.82, 2.24) is 0 Å². The van der Waals surface area contributed by atoms with Gasteiger partial charge in [0.05, 0.1) is 6.61 Å². The van der Waals surface area contributed by atoms with E-state index in [9.17, 15) is 0 Å². The lowest BCUT2D eigenvalue weighted by molar-refractivity contribution is 0.309. The van der Waals surface area contributed by atoms with Crippen molar-refractivity contribution in [3.63, 3.8) is 0 Å². The molecule has 0 atom stereocenters. The minimum Gasteiger partial charge on any atom is -0.494 e. The van der Waals surface area contributed by atoms with Crippen molar-refractivity contribution in [2.45, 2.75) is 19.8 Å². The summed E-state index contributed by atoms with van der Waals surface area (Å²) >= 11 is 4.32. The van der Waals surface area contributed by atoms with Gasteiger partial charge in [-0.3, -0.25) is 4.79 Å². The van der Waals surface area contributed by atoms with Crippen molar-refractivity contribution in [3.8, 4) is 5.75 Å². The second-order valence-corrected chi connectivity index (χ2v) is 3.94. The number of hydrogen-bond acceptors (Lipinski definition) is 2. The van der Waals surface area contributed by atoms with E-state index in [4.69, 9.17) is 9.53 Å². The number of ether oxygens (including phenoxy) is 1. The summed E-state index contributed by atoms with van der Waals surface area (Å²) in [5.74, 6) is 1.20. The van der Waals surface area contributed by atoms with Crippen molar-refractivity contribution in [2.24, 2.45) is 0 Å². The molecule has 0 saturated heterocycles. The molecule has 0 saturated carbocycles. The van der Waals surface area contributed by atoms with Crippen LogP contribution >= 0.6 is 11.6 Å². The highest BCUT2D eigenvalue weighted by molar-refractivity contribution is 6.54. The molecule has 0 spiro atoms. The molecule has 2 aromatic carbocycles. The number of rotatable bonds is 4. The second kappa shape index (κ2) is 15.3. The molecule has 108 valence electrons. The molecule has 2 rings (SSSR count). The largest absolute Gasteiger partial charge is 0.494 e. The number of para-hydroxylation sites is 1. The van der Waals surface area contributed by atoms with Gasteiger partial charge < -0.3 is 4.74 Å². The molecule has 3 heteroatoms. The Hall–Kier alpha value is -1.80. The Morgan fingerprint density at radius 2 is 1.35 bits per heavy atom. The molecule has 0 amide bonds. The van der Waals surface area contributed by atoms with Gasteiger partial charge in [-0.15, -0.1) is 0 Å². The van der Waals surface area contributed by atoms with Crippen LogP contribution in [-0.4, -0.2) is 12.4 Å². The van der Waals surface area contributed by atoms with Crippen LogP contribution < -0.4 is 4.74 Å². The second-order valence-electron chi connectivity index (χ2n) is 3.76. The van der Waals surface area contributed by atoms with Gasteiger partial charge in [-0.1, -0.05) is 67.9 Å². The molecular formula is C17H21ClO2. The summed E-state index contributed by atoms with van der Waals surface area (Å²) < 4.78 is 5.45. The molecule has 0 aliphatic heterocycles. The lowest BCUT2D eigenvalue weighted by Gasteiger charge is -2.03. The zero-order valence-corrected chi connectivity index (χ0v) is 12.5. The van der Waals surface area contributed by atoms with E-state index < -0.39 is 0 Å². The molecule has 0 N–H and O–H groups in total. The number of benzene rings is 2. The van der Waals surface area contributed by atoms with Crippen LogP contribution in [0.3, 0.4) is 0 Å². The summed E-state index contributed by atoms with van der Waals surface area (Å²) in [6.45, 7) is 2.99. The van der Waals surface area contributed by atoms with Gasteiger partial charge in [0.2, 0.25) is 5.75 Å². The van der Waals surface area contributed by atoms with E-state index >= 15 is 0 Å². The Balaban J connectivity index is 0.000000336. The summed E-state index contributed by atoms with van der Waals surface area (Å²) in [6.07, 6.45) is 2.32. The maximum atomic E-state index is 8.57. The Kier molecular flexibility index (Phi) is 13.9. The highest BCUT2D eigenvalue weighted by atomic mass is 35.5. The molecule has 0 radical (unpaired) electrons. The van der Waals surface area contributed by atoms with Crippen LogP contribution in [0.15, 0.2) is 66.7 Å². The number of unbranched alkanes of at least 4 members (excludes halogenated alkanes) is 1. The molecule has 20 heavy (non-hydrogen) atoms. The quantitative estimate of drug-likeness (QED) is 0.452. The van der Waals surface area contributed by atoms with Gasteiger partial charge in [-0.2, -0.15) is 0 Å². The number of carbonyl (C=O) groups is 1. The molecule has 2 nitrogen and oxygen atoms in total. The van der Waals surface area contributed by atoms with Crippen LogP contribution in [0.5, 0.6) is 5.75 Å². The number of hydrogen-bond donors (Lipinski definition) is 0. The Bertz CT molecular complexity index is 377. The fourth-order valence-electron chi connectivity index (χ4n) is 1.24. The Labute approximate surface area is 126 Å². The highest BCUT2D eigenvalue weighted by Gasteiger charge is 1.88. The van der Waals surface area contributed by atoms with Crippen molar-refractivity contribution >= 4 is 17.3 Å². The van der Waals surface area contributed by atoms with Gasteiger partial charge in [0.25, 0.3) is 0 Å². The third kappa shape index (κ3) is 12.7. The van der Waals surface area contributed by atoms with Crippen LogP contribution in [0, 0.1) is 0 Å². The Morgan fingerprint density at radius 1 is 0.950 bits per heavy atom. The first-order valence-electron chi connectivity index (χ1n) is 6.56. The average Bonchev–Trinajstić information content (AvgIpc) is 2.52.